The number of esters is 1. The molecule has 1 saturated heterocycles. The monoisotopic (exact) mass is 842 g/mol. The van der Waals surface area contributed by atoms with E-state index in [1.54, 1.807) is 18.3 Å². The van der Waals surface area contributed by atoms with E-state index in [4.69, 9.17) is 4.74 Å². The van der Waals surface area contributed by atoms with E-state index in [0.717, 1.165) is 18.7 Å². The summed E-state index contributed by atoms with van der Waals surface area (Å²) in [4.78, 5) is 42.5. The number of likely N-dealkylation sites (tertiary alicyclic amines) is 1. The number of halogens is 4. The van der Waals surface area contributed by atoms with Gasteiger partial charge in [-0.15, -0.1) is 0 Å². The molecule has 8 nitrogen and oxygen atoms in total. The second-order valence-electron chi connectivity index (χ2n) is 12.3. The van der Waals surface area contributed by atoms with Crippen LogP contribution in [0.25, 0.3) is 0 Å². The minimum atomic E-state index is -2.62. The number of nitrogens with zero attached hydrogens (tertiary/aromatic N) is 2. The minimum absolute atomic E-state index is 0.0536. The van der Waals surface area contributed by atoms with E-state index in [2.05, 4.69) is 45.2 Å². The van der Waals surface area contributed by atoms with Crippen molar-refractivity contribution in [3.8, 4) is 0 Å². The molecule has 2 heterocycles. The molecule has 3 aromatic rings. The van der Waals surface area contributed by atoms with Gasteiger partial charge in [0.05, 0.1) is 11.3 Å². The number of carbonyl (C=O) groups excluding carboxylic acids is 2. The molecule has 3 fully saturated rings. The van der Waals surface area contributed by atoms with Gasteiger partial charge in [0.15, 0.2) is 0 Å². The first-order valence-electron chi connectivity index (χ1n) is 14.9. The first kappa shape index (κ1) is 32.4. The van der Waals surface area contributed by atoms with E-state index in [-0.39, 0.29) is 48.2 Å². The predicted molar refractivity (Wildman–Crippen MR) is 184 cm³/mol. The molecule has 0 spiro atoms. The Morgan fingerprint density at radius 1 is 1.11 bits per heavy atom. The number of benzene rings is 2. The number of piperidine rings is 1. The molecule has 6 atom stereocenters. The third-order valence-electron chi connectivity index (χ3n) is 9.32. The summed E-state index contributed by atoms with van der Waals surface area (Å²) in [5, 5.41) is 6.35. The number of pyridine rings is 1. The highest BCUT2D eigenvalue weighted by molar-refractivity contribution is 14.1. The Labute approximate surface area is 287 Å². The molecule has 2 N–H and O–H groups in total. The number of amides is 1. The summed E-state index contributed by atoms with van der Waals surface area (Å²) < 4.78 is 33.7. The lowest BCUT2D eigenvalue weighted by molar-refractivity contribution is -0.145. The number of rotatable bonds is 11. The Morgan fingerprint density at radius 2 is 1.82 bits per heavy atom. The van der Waals surface area contributed by atoms with Crippen LogP contribution in [-0.4, -0.2) is 50.9 Å². The quantitative estimate of drug-likeness (QED) is 0.145. The molecule has 1 amide bonds. The molecule has 45 heavy (non-hydrogen) atoms. The standard InChI is InChI=1S/C33H34F2I2N4O4/c1-18(25-12-33(25,37)32(44)45-17-19-7-4-3-5-8-19)41-16-24(26(11-27(41)42)39-29-22-14-40(2)15-23(22)29)31(43)38-13-20-9-6-10-21(28(20)36)30(34)35/h3-11,16,18,22-23,25,29-30,39H,12-15,17H2,1-2H3,(H,38,43)/t18-,22+,23?,25+,29?,33?/m0/s1. The predicted octanol–water partition coefficient (Wildman–Crippen LogP) is 5.79. The van der Waals surface area contributed by atoms with Gasteiger partial charge in [0.25, 0.3) is 17.9 Å². The van der Waals surface area contributed by atoms with Gasteiger partial charge in [0.2, 0.25) is 0 Å². The Kier molecular flexibility index (Phi) is 9.27. The number of hydrogen-bond acceptors (Lipinski definition) is 6. The van der Waals surface area contributed by atoms with E-state index in [0.29, 0.717) is 38.6 Å². The Morgan fingerprint density at radius 3 is 2.51 bits per heavy atom. The van der Waals surface area contributed by atoms with Gasteiger partial charge < -0.3 is 24.8 Å². The minimum Gasteiger partial charge on any atom is -0.460 e. The number of aromatic nitrogens is 1. The SMILES string of the molecule is C[C@@H]([C@H]1CC1(I)C(=O)OCc1ccccc1)n1cc(C(=O)NCc2cccc(C(F)F)c2I)c(NC2C3CN(C)C[C@H]32)cc1=O. The summed E-state index contributed by atoms with van der Waals surface area (Å²) in [6.45, 7) is 4.02. The van der Waals surface area contributed by atoms with Crippen LogP contribution in [0.5, 0.6) is 0 Å². The van der Waals surface area contributed by atoms with Crippen LogP contribution in [0.1, 0.15) is 52.9 Å². The lowest BCUT2D eigenvalue weighted by Crippen LogP contribution is -2.32. The van der Waals surface area contributed by atoms with Gasteiger partial charge in [0.1, 0.15) is 10.0 Å². The van der Waals surface area contributed by atoms with Gasteiger partial charge in [0, 0.05) is 59.0 Å². The molecule has 3 unspecified atom stereocenters. The molecule has 2 aliphatic carbocycles. The Hall–Kier alpha value is -2.59. The molecule has 0 radical (unpaired) electrons. The molecular weight excluding hydrogens is 808 g/mol. The van der Waals surface area contributed by atoms with Crippen molar-refractivity contribution in [2.75, 3.05) is 25.5 Å². The van der Waals surface area contributed by atoms with Crippen molar-refractivity contribution < 1.29 is 23.1 Å². The molecule has 0 bridgehead atoms. The molecule has 6 rings (SSSR count). The van der Waals surface area contributed by atoms with Crippen molar-refractivity contribution in [2.45, 2.75) is 48.4 Å². The fourth-order valence-corrected chi connectivity index (χ4v) is 8.49. The number of hydrogen-bond donors (Lipinski definition) is 2. The summed E-state index contributed by atoms with van der Waals surface area (Å²) in [6, 6.07) is 15.4. The highest BCUT2D eigenvalue weighted by atomic mass is 127. The van der Waals surface area contributed by atoms with Crippen LogP contribution in [-0.2, 0) is 22.7 Å². The number of carbonyl (C=O) groups is 2. The molecular formula is C33H34F2I2N4O4. The van der Waals surface area contributed by atoms with E-state index >= 15 is 0 Å². The van der Waals surface area contributed by atoms with Crippen LogP contribution in [0.3, 0.4) is 0 Å². The fraction of sp³-hybridized carbons (Fsp3) is 0.424. The maximum absolute atomic E-state index is 13.7. The number of fused-ring (bicyclic) bond motifs is 1. The second-order valence-corrected chi connectivity index (χ2v) is 15.3. The van der Waals surface area contributed by atoms with E-state index in [1.165, 1.54) is 16.7 Å². The number of ether oxygens (including phenoxy) is 1. The van der Waals surface area contributed by atoms with Crippen molar-refractivity contribution in [1.82, 2.24) is 14.8 Å². The van der Waals surface area contributed by atoms with Crippen LogP contribution in [0.15, 0.2) is 65.6 Å². The molecule has 12 heteroatoms. The highest BCUT2D eigenvalue weighted by Crippen LogP contribution is 2.57. The van der Waals surface area contributed by atoms with Crippen LogP contribution >= 0.6 is 45.2 Å². The molecule has 1 aliphatic heterocycles. The van der Waals surface area contributed by atoms with Crippen LogP contribution in [0, 0.1) is 21.3 Å². The molecule has 238 valence electrons. The van der Waals surface area contributed by atoms with Crippen molar-refractivity contribution in [3.05, 3.63) is 97.0 Å². The molecule has 1 aromatic heterocycles. The average Bonchev–Trinajstić information content (AvgIpc) is 3.83. The van der Waals surface area contributed by atoms with Crippen molar-refractivity contribution in [2.24, 2.45) is 17.8 Å². The van der Waals surface area contributed by atoms with E-state index in [9.17, 15) is 23.2 Å². The number of alkyl halides is 3. The second kappa shape index (κ2) is 12.9. The summed E-state index contributed by atoms with van der Waals surface area (Å²) in [5.41, 5.74) is 1.88. The maximum atomic E-state index is 13.7. The van der Waals surface area contributed by atoms with Gasteiger partial charge in [-0.2, -0.15) is 0 Å². The zero-order chi connectivity index (χ0) is 32.0. The maximum Gasteiger partial charge on any atom is 0.322 e. The zero-order valence-electron chi connectivity index (χ0n) is 24.8. The molecule has 3 aliphatic rings. The van der Waals surface area contributed by atoms with Crippen LogP contribution in [0.2, 0.25) is 0 Å². The van der Waals surface area contributed by atoms with E-state index < -0.39 is 15.8 Å². The first-order chi connectivity index (χ1) is 21.5. The molecule has 2 saturated carbocycles. The topological polar surface area (TPSA) is 92.7 Å². The average molecular weight is 842 g/mol. The van der Waals surface area contributed by atoms with Gasteiger partial charge in [-0.1, -0.05) is 71.1 Å². The van der Waals surface area contributed by atoms with Gasteiger partial charge in [-0.3, -0.25) is 14.4 Å². The summed E-state index contributed by atoms with van der Waals surface area (Å²) in [6.07, 6.45) is -0.498. The summed E-state index contributed by atoms with van der Waals surface area (Å²) in [7, 11) is 2.08. The van der Waals surface area contributed by atoms with Crippen LogP contribution < -0.4 is 16.2 Å². The Balaban J connectivity index is 1.21. The van der Waals surface area contributed by atoms with Gasteiger partial charge in [-0.05, 0) is 65.9 Å². The summed E-state index contributed by atoms with van der Waals surface area (Å²) >= 11 is 4.02. The smallest absolute Gasteiger partial charge is 0.322 e. The van der Waals surface area contributed by atoms with Gasteiger partial charge in [-0.25, -0.2) is 8.78 Å². The lowest BCUT2D eigenvalue weighted by atomic mass is 10.1. The van der Waals surface area contributed by atoms with Crippen LogP contribution in [0.4, 0.5) is 14.5 Å². The highest BCUT2D eigenvalue weighted by Gasteiger charge is 2.62. The van der Waals surface area contributed by atoms with E-state index in [1.807, 2.05) is 59.8 Å². The summed E-state index contributed by atoms with van der Waals surface area (Å²) in [5.74, 6) is 0.0149. The lowest BCUT2D eigenvalue weighted by Gasteiger charge is -2.21. The third kappa shape index (κ3) is 6.64. The number of anilines is 1. The normalized spacial score (nSPS) is 25.8. The van der Waals surface area contributed by atoms with Crippen molar-refractivity contribution in [3.63, 3.8) is 0 Å². The fourth-order valence-electron chi connectivity index (χ4n) is 6.56. The number of nitrogens with one attached hydrogen (secondary N) is 2. The zero-order valence-corrected chi connectivity index (χ0v) is 29.1. The third-order valence-corrected chi connectivity index (χ3v) is 12.3. The Bertz CT molecular complexity index is 1660. The molecule has 2 aromatic carbocycles. The van der Waals surface area contributed by atoms with Gasteiger partial charge >= 0.3 is 5.97 Å². The van der Waals surface area contributed by atoms with Crippen molar-refractivity contribution >= 4 is 62.7 Å². The first-order valence-corrected chi connectivity index (χ1v) is 17.1. The largest absolute Gasteiger partial charge is 0.460 e. The van der Waals surface area contributed by atoms with Crippen molar-refractivity contribution in [1.29, 1.82) is 0 Å².